The fourth-order valence-electron chi connectivity index (χ4n) is 2.77. The molecule has 0 unspecified atom stereocenters. The Balaban J connectivity index is 1.64. The molecule has 30 heavy (non-hydrogen) atoms. The van der Waals surface area contributed by atoms with Crippen LogP contribution < -0.4 is 20.7 Å². The summed E-state index contributed by atoms with van der Waals surface area (Å²) in [4.78, 5) is 9.01. The molecule has 0 fully saturated rings. The summed E-state index contributed by atoms with van der Waals surface area (Å²) in [5.74, 6) is 3.88. The summed E-state index contributed by atoms with van der Waals surface area (Å²) in [5, 5.41) is 9.69. The molecule has 0 saturated heterocycles. The number of hydrogen-bond donors (Lipinski definition) is 3. The Bertz CT molecular complexity index is 998. The van der Waals surface area contributed by atoms with E-state index in [9.17, 15) is 0 Å². The maximum absolute atomic E-state index is 5.84. The molecule has 0 amide bonds. The number of para-hydroxylation sites is 1. The smallest absolute Gasteiger partial charge is 0.133 e. The summed E-state index contributed by atoms with van der Waals surface area (Å²) in [6.07, 6.45) is 1.96. The Kier molecular flexibility index (Phi) is 7.44. The van der Waals surface area contributed by atoms with Crippen LogP contribution in [0.2, 0.25) is 0 Å². The minimum absolute atomic E-state index is 0.670. The van der Waals surface area contributed by atoms with E-state index in [-0.39, 0.29) is 0 Å². The van der Waals surface area contributed by atoms with Gasteiger partial charge in [-0.1, -0.05) is 24.3 Å². The summed E-state index contributed by atoms with van der Waals surface area (Å²) in [5.41, 5.74) is 1.92. The number of allylic oxidation sites excluding steroid dienone is 1. The van der Waals surface area contributed by atoms with Crippen LogP contribution in [0.3, 0.4) is 0 Å². The maximum Gasteiger partial charge on any atom is 0.133 e. The van der Waals surface area contributed by atoms with E-state index in [0.717, 1.165) is 40.4 Å². The van der Waals surface area contributed by atoms with Crippen LogP contribution in [-0.4, -0.2) is 24.4 Å². The van der Waals surface area contributed by atoms with Gasteiger partial charge in [0, 0.05) is 25.0 Å². The molecule has 6 nitrogen and oxygen atoms in total. The lowest BCUT2D eigenvalue weighted by Crippen LogP contribution is -2.13. The lowest BCUT2D eigenvalue weighted by Gasteiger charge is -2.11. The van der Waals surface area contributed by atoms with Crippen molar-refractivity contribution < 1.29 is 4.74 Å². The number of anilines is 3. The Hall–Kier alpha value is -3.80. The van der Waals surface area contributed by atoms with E-state index in [1.807, 2.05) is 99.8 Å². The van der Waals surface area contributed by atoms with Gasteiger partial charge in [-0.05, 0) is 68.5 Å². The van der Waals surface area contributed by atoms with Crippen LogP contribution >= 0.6 is 0 Å². The average molecular weight is 402 g/mol. The molecule has 1 heterocycles. The third-order valence-electron chi connectivity index (χ3n) is 4.12. The van der Waals surface area contributed by atoms with E-state index in [2.05, 4.69) is 25.9 Å². The van der Waals surface area contributed by atoms with Crippen molar-refractivity contribution in [2.24, 2.45) is 4.99 Å². The predicted molar refractivity (Wildman–Crippen MR) is 126 cm³/mol. The SMILES string of the molecule is CC/N=C(\C=C(/C)Nc1ccc(Oc2ccccc2)cc1)Nc1cccc(NC)n1. The number of nitrogens with one attached hydrogen (secondary N) is 3. The zero-order valence-electron chi connectivity index (χ0n) is 17.5. The van der Waals surface area contributed by atoms with Gasteiger partial charge in [-0.25, -0.2) is 4.98 Å². The number of benzene rings is 2. The third kappa shape index (κ3) is 6.38. The Morgan fingerprint density at radius 3 is 2.30 bits per heavy atom. The number of nitrogens with zero attached hydrogens (tertiary/aromatic N) is 2. The van der Waals surface area contributed by atoms with Crippen LogP contribution in [0.4, 0.5) is 17.3 Å². The van der Waals surface area contributed by atoms with E-state index in [1.54, 1.807) is 0 Å². The van der Waals surface area contributed by atoms with Crippen molar-refractivity contribution in [3.63, 3.8) is 0 Å². The summed E-state index contributed by atoms with van der Waals surface area (Å²) >= 11 is 0. The van der Waals surface area contributed by atoms with Crippen LogP contribution in [0.15, 0.2) is 89.6 Å². The fraction of sp³-hybridized carbons (Fsp3) is 0.167. The predicted octanol–water partition coefficient (Wildman–Crippen LogP) is 5.76. The van der Waals surface area contributed by atoms with Crippen molar-refractivity contribution in [1.29, 1.82) is 0 Å². The van der Waals surface area contributed by atoms with Crippen molar-refractivity contribution in [2.45, 2.75) is 13.8 Å². The van der Waals surface area contributed by atoms with E-state index >= 15 is 0 Å². The van der Waals surface area contributed by atoms with Gasteiger partial charge in [-0.2, -0.15) is 0 Å². The molecular formula is C24H27N5O. The zero-order valence-corrected chi connectivity index (χ0v) is 17.5. The van der Waals surface area contributed by atoms with E-state index in [4.69, 9.17) is 4.74 Å². The second-order valence-electron chi connectivity index (χ2n) is 6.53. The number of aromatic nitrogens is 1. The minimum atomic E-state index is 0.670. The highest BCUT2D eigenvalue weighted by Crippen LogP contribution is 2.23. The van der Waals surface area contributed by atoms with Crippen molar-refractivity contribution in [1.82, 2.24) is 4.98 Å². The number of amidine groups is 1. The molecule has 0 aliphatic heterocycles. The highest BCUT2D eigenvalue weighted by Gasteiger charge is 2.02. The molecule has 0 radical (unpaired) electrons. The lowest BCUT2D eigenvalue weighted by molar-refractivity contribution is 0.483. The van der Waals surface area contributed by atoms with Gasteiger partial charge in [0.1, 0.15) is 29.0 Å². The molecule has 0 spiro atoms. The van der Waals surface area contributed by atoms with Gasteiger partial charge in [0.15, 0.2) is 0 Å². The molecule has 0 aliphatic rings. The number of rotatable bonds is 8. The molecule has 0 atom stereocenters. The van der Waals surface area contributed by atoms with Crippen molar-refractivity contribution in [2.75, 3.05) is 29.5 Å². The topological polar surface area (TPSA) is 70.6 Å². The summed E-state index contributed by atoms with van der Waals surface area (Å²) < 4.78 is 5.84. The molecule has 6 heteroatoms. The zero-order chi connectivity index (χ0) is 21.2. The number of pyridine rings is 1. The molecule has 3 rings (SSSR count). The van der Waals surface area contributed by atoms with E-state index in [0.29, 0.717) is 6.54 Å². The first-order valence-corrected chi connectivity index (χ1v) is 9.91. The fourth-order valence-corrected chi connectivity index (χ4v) is 2.77. The van der Waals surface area contributed by atoms with E-state index < -0.39 is 0 Å². The van der Waals surface area contributed by atoms with Crippen LogP contribution in [0.5, 0.6) is 11.5 Å². The van der Waals surface area contributed by atoms with Gasteiger partial charge >= 0.3 is 0 Å². The normalized spacial score (nSPS) is 11.7. The van der Waals surface area contributed by atoms with Crippen molar-refractivity contribution >= 4 is 23.2 Å². The molecule has 154 valence electrons. The number of hydrogen-bond acceptors (Lipinski definition) is 5. The van der Waals surface area contributed by atoms with Crippen LogP contribution in [0, 0.1) is 0 Å². The summed E-state index contributed by atoms with van der Waals surface area (Å²) in [6, 6.07) is 23.3. The Morgan fingerprint density at radius 2 is 1.60 bits per heavy atom. The lowest BCUT2D eigenvalue weighted by atomic mass is 10.2. The largest absolute Gasteiger partial charge is 0.457 e. The van der Waals surface area contributed by atoms with Crippen molar-refractivity contribution in [3.05, 3.63) is 84.6 Å². The molecule has 3 N–H and O–H groups in total. The average Bonchev–Trinajstić information content (AvgIpc) is 2.76. The molecule has 0 bridgehead atoms. The molecule has 3 aromatic rings. The first-order chi connectivity index (χ1) is 14.7. The number of aliphatic imine (C=N–C) groups is 1. The maximum atomic E-state index is 5.84. The standard InChI is InChI=1S/C24H27N5O/c1-4-26-24(29-23-12-8-11-22(25-3)28-23)17-18(2)27-19-13-15-21(16-14-19)30-20-9-6-5-7-10-20/h5-17,27H,4H2,1-3H3,(H2,25,26,28,29)/b18-17+. The molecule has 1 aromatic heterocycles. The monoisotopic (exact) mass is 401 g/mol. The van der Waals surface area contributed by atoms with Crippen LogP contribution in [0.25, 0.3) is 0 Å². The minimum Gasteiger partial charge on any atom is -0.457 e. The van der Waals surface area contributed by atoms with Gasteiger partial charge in [0.2, 0.25) is 0 Å². The van der Waals surface area contributed by atoms with E-state index in [1.165, 1.54) is 0 Å². The Morgan fingerprint density at radius 1 is 0.900 bits per heavy atom. The van der Waals surface area contributed by atoms with Crippen LogP contribution in [-0.2, 0) is 0 Å². The van der Waals surface area contributed by atoms with Gasteiger partial charge in [-0.3, -0.25) is 4.99 Å². The quantitative estimate of drug-likeness (QED) is 0.331. The molecular weight excluding hydrogens is 374 g/mol. The summed E-state index contributed by atoms with van der Waals surface area (Å²) in [7, 11) is 1.84. The summed E-state index contributed by atoms with van der Waals surface area (Å²) in [6.45, 7) is 4.67. The van der Waals surface area contributed by atoms with Gasteiger partial charge in [-0.15, -0.1) is 0 Å². The van der Waals surface area contributed by atoms with Gasteiger partial charge in [0.05, 0.1) is 0 Å². The second-order valence-corrected chi connectivity index (χ2v) is 6.53. The van der Waals surface area contributed by atoms with Gasteiger partial charge in [0.25, 0.3) is 0 Å². The van der Waals surface area contributed by atoms with Crippen LogP contribution in [0.1, 0.15) is 13.8 Å². The first kappa shape index (κ1) is 20.9. The second kappa shape index (κ2) is 10.7. The highest BCUT2D eigenvalue weighted by atomic mass is 16.5. The molecule has 0 aliphatic carbocycles. The third-order valence-corrected chi connectivity index (χ3v) is 4.12. The molecule has 2 aromatic carbocycles. The van der Waals surface area contributed by atoms with Gasteiger partial charge < -0.3 is 20.7 Å². The number of ether oxygens (including phenoxy) is 1. The Labute approximate surface area is 177 Å². The highest BCUT2D eigenvalue weighted by molar-refractivity contribution is 6.03. The molecule has 0 saturated carbocycles. The van der Waals surface area contributed by atoms with Crippen molar-refractivity contribution in [3.8, 4) is 11.5 Å². The first-order valence-electron chi connectivity index (χ1n) is 9.91.